The van der Waals surface area contributed by atoms with Crippen LogP contribution in [0.15, 0.2) is 24.5 Å². The number of amides is 2. The van der Waals surface area contributed by atoms with Gasteiger partial charge in [0.15, 0.2) is 0 Å². The van der Waals surface area contributed by atoms with Gasteiger partial charge in [0, 0.05) is 64.8 Å². The molecule has 260 valence electrons. The van der Waals surface area contributed by atoms with Crippen molar-refractivity contribution < 1.29 is 47.6 Å². The number of rotatable bonds is 8. The third kappa shape index (κ3) is 7.71. The number of nitrogens with zero attached hydrogens (tertiary/aromatic N) is 6. The Morgan fingerprint density at radius 2 is 0.958 bits per heavy atom. The Morgan fingerprint density at radius 3 is 1.23 bits per heavy atom. The van der Waals surface area contributed by atoms with Gasteiger partial charge in [0.05, 0.1) is 77.8 Å². The summed E-state index contributed by atoms with van der Waals surface area (Å²) in [6.45, 7) is 7.23. The fraction of sp³-hybridized carbons (Fsp3) is 0.562. The van der Waals surface area contributed by atoms with E-state index in [2.05, 4.69) is 19.8 Å². The molecule has 0 saturated carbocycles. The van der Waals surface area contributed by atoms with Crippen molar-refractivity contribution >= 4 is 35.1 Å². The number of esters is 2. The molecular formula is C32H42N6O10. The molecule has 6 rings (SSSR count). The minimum absolute atomic E-state index is 0.00963. The van der Waals surface area contributed by atoms with E-state index >= 15 is 0 Å². The summed E-state index contributed by atoms with van der Waals surface area (Å²) in [7, 11) is 5.75. The topological polar surface area (TPSA) is 162 Å². The fourth-order valence-corrected chi connectivity index (χ4v) is 5.72. The van der Waals surface area contributed by atoms with Crippen molar-refractivity contribution in [2.45, 2.75) is 0 Å². The molecule has 4 aliphatic rings. The van der Waals surface area contributed by atoms with E-state index in [0.29, 0.717) is 102 Å². The van der Waals surface area contributed by atoms with Crippen LogP contribution in [0, 0.1) is 11.8 Å². The molecule has 6 heterocycles. The molecule has 4 aliphatic heterocycles. The number of hydrogen-bond donors (Lipinski definition) is 0. The first-order valence-corrected chi connectivity index (χ1v) is 15.8. The molecule has 2 amide bonds. The minimum Gasteiger partial charge on any atom is -0.480 e. The van der Waals surface area contributed by atoms with Crippen molar-refractivity contribution in [1.29, 1.82) is 0 Å². The van der Waals surface area contributed by atoms with E-state index in [9.17, 15) is 19.2 Å². The molecule has 0 aromatic carbocycles. The molecule has 48 heavy (non-hydrogen) atoms. The average Bonchev–Trinajstić information content (AvgIpc) is 3.09. The van der Waals surface area contributed by atoms with E-state index in [4.69, 9.17) is 28.4 Å². The summed E-state index contributed by atoms with van der Waals surface area (Å²) in [5.74, 6) is 0.370. The molecule has 0 N–H and O–H groups in total. The maximum absolute atomic E-state index is 12.3. The first-order valence-electron chi connectivity index (χ1n) is 15.8. The Hall–Kier alpha value is -4.70. The van der Waals surface area contributed by atoms with Gasteiger partial charge in [-0.1, -0.05) is 0 Å². The van der Waals surface area contributed by atoms with Gasteiger partial charge in [-0.3, -0.25) is 9.59 Å². The SMILES string of the molecule is COC(=O)c1cnc(OC)c(N2CCN(C(=O)C3COC3)CC2)c1.COC(=O)c1cnc(OC)c(N2CCN(C(=O)C3COC3)CC2)c1. The van der Waals surface area contributed by atoms with Gasteiger partial charge in [-0.2, -0.15) is 0 Å². The Balaban J connectivity index is 0.000000188. The predicted molar refractivity (Wildman–Crippen MR) is 170 cm³/mol. The van der Waals surface area contributed by atoms with Crippen molar-refractivity contribution in [3.63, 3.8) is 0 Å². The second kappa shape index (κ2) is 15.9. The normalized spacial score (nSPS) is 18.1. The van der Waals surface area contributed by atoms with Crippen LogP contribution in [0.3, 0.4) is 0 Å². The Bertz CT molecular complexity index is 1360. The zero-order valence-corrected chi connectivity index (χ0v) is 27.7. The number of pyridine rings is 2. The average molecular weight is 671 g/mol. The van der Waals surface area contributed by atoms with Gasteiger partial charge in [-0.15, -0.1) is 0 Å². The van der Waals surface area contributed by atoms with E-state index in [1.54, 1.807) is 26.4 Å². The van der Waals surface area contributed by atoms with Crippen molar-refractivity contribution in [3.05, 3.63) is 35.7 Å². The lowest BCUT2D eigenvalue weighted by Crippen LogP contribution is -2.53. The van der Waals surface area contributed by atoms with Crippen molar-refractivity contribution in [2.24, 2.45) is 11.8 Å². The lowest BCUT2D eigenvalue weighted by molar-refractivity contribution is -0.150. The zero-order chi connectivity index (χ0) is 34.2. The van der Waals surface area contributed by atoms with E-state index in [1.165, 1.54) is 26.6 Å². The Morgan fingerprint density at radius 1 is 0.604 bits per heavy atom. The monoisotopic (exact) mass is 670 g/mol. The molecule has 16 nitrogen and oxygen atoms in total. The predicted octanol–water partition coefficient (Wildman–Crippen LogP) is 0.344. The van der Waals surface area contributed by atoms with Crippen LogP contribution in [0.5, 0.6) is 11.8 Å². The van der Waals surface area contributed by atoms with Crippen LogP contribution in [0.4, 0.5) is 11.4 Å². The van der Waals surface area contributed by atoms with E-state index in [1.807, 2.05) is 9.80 Å². The third-order valence-corrected chi connectivity index (χ3v) is 8.73. The number of methoxy groups -OCH3 is 4. The molecule has 0 bridgehead atoms. The highest BCUT2D eigenvalue weighted by atomic mass is 16.5. The van der Waals surface area contributed by atoms with E-state index in [-0.39, 0.29) is 23.7 Å². The van der Waals surface area contributed by atoms with Crippen LogP contribution in [0.2, 0.25) is 0 Å². The molecule has 4 fully saturated rings. The van der Waals surface area contributed by atoms with Crippen LogP contribution in [-0.2, 0) is 28.5 Å². The van der Waals surface area contributed by atoms with Gasteiger partial charge in [0.2, 0.25) is 23.6 Å². The van der Waals surface area contributed by atoms with Crippen LogP contribution in [0.25, 0.3) is 0 Å². The summed E-state index contributed by atoms with van der Waals surface area (Å²) >= 11 is 0. The van der Waals surface area contributed by atoms with Crippen LogP contribution in [-0.4, -0.2) is 151 Å². The largest absolute Gasteiger partial charge is 0.480 e. The highest BCUT2D eigenvalue weighted by Crippen LogP contribution is 2.30. The number of piperazine rings is 2. The zero-order valence-electron chi connectivity index (χ0n) is 27.7. The van der Waals surface area contributed by atoms with Crippen LogP contribution >= 0.6 is 0 Å². The van der Waals surface area contributed by atoms with E-state index in [0.717, 1.165) is 11.4 Å². The molecule has 16 heteroatoms. The number of aromatic nitrogens is 2. The number of carbonyl (C=O) groups excluding carboxylic acids is 4. The van der Waals surface area contributed by atoms with Gasteiger partial charge >= 0.3 is 11.9 Å². The molecule has 0 aliphatic carbocycles. The first-order chi connectivity index (χ1) is 23.3. The van der Waals surface area contributed by atoms with Gasteiger partial charge in [0.25, 0.3) is 0 Å². The summed E-state index contributed by atoms with van der Waals surface area (Å²) in [5.41, 5.74) is 2.22. The highest BCUT2D eigenvalue weighted by molar-refractivity contribution is 5.91. The van der Waals surface area contributed by atoms with Crippen LogP contribution in [0.1, 0.15) is 20.7 Å². The summed E-state index contributed by atoms with van der Waals surface area (Å²) in [5, 5.41) is 0. The van der Waals surface area contributed by atoms with E-state index < -0.39 is 11.9 Å². The van der Waals surface area contributed by atoms with Gasteiger partial charge in [-0.25, -0.2) is 19.6 Å². The number of hydrogen-bond acceptors (Lipinski definition) is 14. The Labute approximate surface area is 278 Å². The van der Waals surface area contributed by atoms with Gasteiger partial charge in [0.1, 0.15) is 11.4 Å². The standard InChI is InChI=1S/2C16H21N3O5/c2*1-22-14-13(7-11(8-17-14)16(21)23-2)18-3-5-19(6-4-18)15(20)12-9-24-10-12/h2*7-8,12H,3-6,9-10H2,1-2H3. The lowest BCUT2D eigenvalue weighted by Gasteiger charge is -2.39. The second-order valence-corrected chi connectivity index (χ2v) is 11.6. The molecule has 2 aromatic rings. The molecule has 4 saturated heterocycles. The maximum atomic E-state index is 12.3. The molecule has 0 spiro atoms. The quantitative estimate of drug-likeness (QED) is 0.354. The fourth-order valence-electron chi connectivity index (χ4n) is 5.72. The van der Waals surface area contributed by atoms with Crippen molar-refractivity contribution in [3.8, 4) is 11.8 Å². The highest BCUT2D eigenvalue weighted by Gasteiger charge is 2.34. The molecule has 0 atom stereocenters. The summed E-state index contributed by atoms with van der Waals surface area (Å²) < 4.78 is 30.3. The maximum Gasteiger partial charge on any atom is 0.339 e. The smallest absolute Gasteiger partial charge is 0.339 e. The molecular weight excluding hydrogens is 628 g/mol. The number of anilines is 2. The summed E-state index contributed by atoms with van der Waals surface area (Å²) in [6.07, 6.45) is 2.87. The van der Waals surface area contributed by atoms with Crippen molar-refractivity contribution in [2.75, 3.05) is 117 Å². The first kappa shape index (κ1) is 34.6. The minimum atomic E-state index is -0.440. The number of ether oxygens (including phenoxy) is 6. The second-order valence-electron chi connectivity index (χ2n) is 11.6. The number of carbonyl (C=O) groups is 4. The Kier molecular flexibility index (Phi) is 11.5. The summed E-state index contributed by atoms with van der Waals surface area (Å²) in [4.78, 5) is 64.2. The third-order valence-electron chi connectivity index (χ3n) is 8.73. The summed E-state index contributed by atoms with van der Waals surface area (Å²) in [6, 6.07) is 3.43. The molecule has 2 aromatic heterocycles. The van der Waals surface area contributed by atoms with Gasteiger partial charge in [-0.05, 0) is 12.1 Å². The lowest BCUT2D eigenvalue weighted by atomic mass is 10.1. The van der Waals surface area contributed by atoms with Gasteiger partial charge < -0.3 is 48.0 Å². The van der Waals surface area contributed by atoms with Crippen LogP contribution < -0.4 is 19.3 Å². The molecule has 0 unspecified atom stereocenters. The van der Waals surface area contributed by atoms with Crippen molar-refractivity contribution in [1.82, 2.24) is 19.8 Å². The molecule has 0 radical (unpaired) electrons.